The minimum absolute atomic E-state index is 0.126. The molecule has 1 amide bonds. The Morgan fingerprint density at radius 2 is 2.21 bits per heavy atom. The second kappa shape index (κ2) is 7.95. The van der Waals surface area contributed by atoms with Crippen molar-refractivity contribution in [1.82, 2.24) is 9.80 Å². The topological polar surface area (TPSA) is 49.6 Å². The van der Waals surface area contributed by atoms with Crippen LogP contribution in [0.2, 0.25) is 0 Å². The normalized spacial score (nSPS) is 10.2. The number of thiophene rings is 1. The number of carbonyl (C=O) groups is 1. The Morgan fingerprint density at radius 3 is 2.79 bits per heavy atom. The minimum Gasteiger partial charge on any atom is -0.348 e. The molecule has 0 aromatic carbocycles. The molecule has 0 radical (unpaired) electrons. The summed E-state index contributed by atoms with van der Waals surface area (Å²) in [5.74, 6) is 5.99. The molecule has 1 aromatic rings. The van der Waals surface area contributed by atoms with Crippen LogP contribution in [0.5, 0.6) is 0 Å². The van der Waals surface area contributed by atoms with Gasteiger partial charge in [-0.2, -0.15) is 0 Å². The highest BCUT2D eigenvalue weighted by molar-refractivity contribution is 7.10. The van der Waals surface area contributed by atoms with Crippen LogP contribution in [-0.2, 0) is 11.3 Å². The van der Waals surface area contributed by atoms with Gasteiger partial charge in [-0.25, -0.2) is 0 Å². The molecule has 0 aliphatic carbocycles. The lowest BCUT2D eigenvalue weighted by Crippen LogP contribution is -2.36. The van der Waals surface area contributed by atoms with Gasteiger partial charge in [0.25, 0.3) is 0 Å². The predicted molar refractivity (Wildman–Crippen MR) is 79.9 cm³/mol. The van der Waals surface area contributed by atoms with E-state index in [1.54, 1.807) is 30.3 Å². The summed E-state index contributed by atoms with van der Waals surface area (Å²) in [6.07, 6.45) is 0. The van der Waals surface area contributed by atoms with Gasteiger partial charge in [-0.1, -0.05) is 18.8 Å². The fourth-order valence-electron chi connectivity index (χ4n) is 1.51. The second-order valence-corrected chi connectivity index (χ2v) is 5.39. The van der Waals surface area contributed by atoms with Crippen LogP contribution < -0.4 is 5.73 Å². The van der Waals surface area contributed by atoms with Crippen molar-refractivity contribution >= 4 is 17.2 Å². The van der Waals surface area contributed by atoms with E-state index in [4.69, 9.17) is 5.73 Å². The van der Waals surface area contributed by atoms with Gasteiger partial charge in [-0.05, 0) is 12.6 Å². The number of nitrogens with zero attached hydrogens (tertiary/aromatic N) is 2. The molecule has 104 valence electrons. The zero-order valence-corrected chi connectivity index (χ0v) is 12.6. The summed E-state index contributed by atoms with van der Waals surface area (Å²) >= 11 is 1.67. The molecule has 1 heterocycles. The number of likely N-dealkylation sites (N-methyl/N-ethyl adjacent to an activating group) is 2. The Hall–Kier alpha value is -1.35. The highest BCUT2D eigenvalue weighted by Gasteiger charge is 2.12. The number of rotatable bonds is 5. The van der Waals surface area contributed by atoms with Crippen molar-refractivity contribution in [3.63, 3.8) is 0 Å². The highest BCUT2D eigenvalue weighted by Crippen LogP contribution is 2.16. The third-order valence-corrected chi connectivity index (χ3v) is 3.59. The zero-order chi connectivity index (χ0) is 14.3. The van der Waals surface area contributed by atoms with Gasteiger partial charge in [0.2, 0.25) is 5.91 Å². The zero-order valence-electron chi connectivity index (χ0n) is 11.8. The Morgan fingerprint density at radius 1 is 1.47 bits per heavy atom. The number of hydrogen-bond acceptors (Lipinski definition) is 4. The lowest BCUT2D eigenvalue weighted by atomic mass is 10.3. The standard InChI is InChI=1S/C14H21N3OS/c1-4-17(10-14(18)16(2)3)9-13-8-12(11-19-13)6-5-7-15/h8,11H,4,7,9-10,15H2,1-3H3. The SMILES string of the molecule is CCN(CC(=O)N(C)C)Cc1cc(C#CCN)cs1. The first kappa shape index (κ1) is 15.7. The molecule has 5 heteroatoms. The predicted octanol–water partition coefficient (Wildman–Crippen LogP) is 0.968. The summed E-state index contributed by atoms with van der Waals surface area (Å²) in [4.78, 5) is 16.7. The third kappa shape index (κ3) is 5.43. The molecule has 0 atom stereocenters. The molecule has 0 fully saturated rings. The minimum atomic E-state index is 0.126. The van der Waals surface area contributed by atoms with Crippen molar-refractivity contribution in [3.05, 3.63) is 21.9 Å². The molecule has 1 rings (SSSR count). The van der Waals surface area contributed by atoms with Gasteiger partial charge >= 0.3 is 0 Å². The van der Waals surface area contributed by atoms with E-state index >= 15 is 0 Å². The van der Waals surface area contributed by atoms with Crippen molar-refractivity contribution < 1.29 is 4.79 Å². The average Bonchev–Trinajstić information content (AvgIpc) is 2.82. The van der Waals surface area contributed by atoms with Crippen molar-refractivity contribution in [2.45, 2.75) is 13.5 Å². The summed E-state index contributed by atoms with van der Waals surface area (Å²) < 4.78 is 0. The van der Waals surface area contributed by atoms with Crippen molar-refractivity contribution in [3.8, 4) is 11.8 Å². The fraction of sp³-hybridized carbons (Fsp3) is 0.500. The Kier molecular flexibility index (Phi) is 6.57. The number of hydrogen-bond donors (Lipinski definition) is 1. The van der Waals surface area contributed by atoms with E-state index in [0.717, 1.165) is 18.7 Å². The van der Waals surface area contributed by atoms with Gasteiger partial charge in [-0.3, -0.25) is 9.69 Å². The van der Waals surface area contributed by atoms with E-state index in [0.29, 0.717) is 13.1 Å². The second-order valence-electron chi connectivity index (χ2n) is 4.40. The van der Waals surface area contributed by atoms with Crippen molar-refractivity contribution in [2.24, 2.45) is 5.73 Å². The number of amides is 1. The van der Waals surface area contributed by atoms with Crippen LogP contribution in [0.25, 0.3) is 0 Å². The van der Waals surface area contributed by atoms with Crippen molar-refractivity contribution in [1.29, 1.82) is 0 Å². The van der Waals surface area contributed by atoms with Gasteiger partial charge in [0.15, 0.2) is 0 Å². The fourth-order valence-corrected chi connectivity index (χ4v) is 2.37. The largest absolute Gasteiger partial charge is 0.348 e. The summed E-state index contributed by atoms with van der Waals surface area (Å²) in [6.45, 7) is 4.52. The van der Waals surface area contributed by atoms with E-state index < -0.39 is 0 Å². The summed E-state index contributed by atoms with van der Waals surface area (Å²) in [6, 6.07) is 2.07. The molecule has 0 spiro atoms. The molecule has 0 saturated carbocycles. The van der Waals surface area contributed by atoms with E-state index in [1.165, 1.54) is 4.88 Å². The summed E-state index contributed by atoms with van der Waals surface area (Å²) in [5, 5.41) is 2.03. The monoisotopic (exact) mass is 279 g/mol. The van der Waals surface area contributed by atoms with E-state index in [2.05, 4.69) is 29.7 Å². The van der Waals surface area contributed by atoms with Gasteiger partial charge in [-0.15, -0.1) is 11.3 Å². The molecule has 1 aromatic heterocycles. The molecule has 0 aliphatic rings. The summed E-state index contributed by atoms with van der Waals surface area (Å²) in [5.41, 5.74) is 6.35. The van der Waals surface area contributed by atoms with Crippen molar-refractivity contribution in [2.75, 3.05) is 33.7 Å². The molecule has 19 heavy (non-hydrogen) atoms. The van der Waals surface area contributed by atoms with Crippen LogP contribution in [-0.4, -0.2) is 49.4 Å². The molecular weight excluding hydrogens is 258 g/mol. The van der Waals surface area contributed by atoms with E-state index in [-0.39, 0.29) is 5.91 Å². The first-order valence-electron chi connectivity index (χ1n) is 6.25. The smallest absolute Gasteiger partial charge is 0.236 e. The maximum Gasteiger partial charge on any atom is 0.236 e. The van der Waals surface area contributed by atoms with Gasteiger partial charge in [0.05, 0.1) is 13.1 Å². The van der Waals surface area contributed by atoms with Crippen LogP contribution in [0.3, 0.4) is 0 Å². The number of nitrogens with two attached hydrogens (primary N) is 1. The molecule has 0 aliphatic heterocycles. The van der Waals surface area contributed by atoms with Gasteiger partial charge < -0.3 is 10.6 Å². The van der Waals surface area contributed by atoms with Gasteiger partial charge in [0, 0.05) is 36.5 Å². The summed E-state index contributed by atoms with van der Waals surface area (Å²) in [7, 11) is 3.56. The average molecular weight is 279 g/mol. The first-order chi connectivity index (χ1) is 9.06. The Bertz CT molecular complexity index is 471. The third-order valence-electron chi connectivity index (χ3n) is 2.67. The molecule has 0 bridgehead atoms. The molecule has 4 nitrogen and oxygen atoms in total. The van der Waals surface area contributed by atoms with Gasteiger partial charge in [0.1, 0.15) is 0 Å². The quantitative estimate of drug-likeness (QED) is 0.817. The van der Waals surface area contributed by atoms with Crippen LogP contribution in [0.1, 0.15) is 17.4 Å². The first-order valence-corrected chi connectivity index (χ1v) is 7.13. The molecule has 0 saturated heterocycles. The maximum atomic E-state index is 11.7. The van der Waals surface area contributed by atoms with E-state index in [1.807, 2.05) is 5.38 Å². The Labute approximate surface area is 119 Å². The molecule has 0 unspecified atom stereocenters. The Balaban J connectivity index is 2.60. The maximum absolute atomic E-state index is 11.7. The van der Waals surface area contributed by atoms with Crippen LogP contribution in [0, 0.1) is 11.8 Å². The molecule has 2 N–H and O–H groups in total. The lowest BCUT2D eigenvalue weighted by molar-refractivity contribution is -0.130. The van der Waals surface area contributed by atoms with Crippen LogP contribution >= 0.6 is 11.3 Å². The number of carbonyl (C=O) groups excluding carboxylic acids is 1. The van der Waals surface area contributed by atoms with Crippen LogP contribution in [0.4, 0.5) is 0 Å². The van der Waals surface area contributed by atoms with Crippen LogP contribution in [0.15, 0.2) is 11.4 Å². The molecular formula is C14H21N3OS. The lowest BCUT2D eigenvalue weighted by Gasteiger charge is -2.21. The highest BCUT2D eigenvalue weighted by atomic mass is 32.1. The van der Waals surface area contributed by atoms with E-state index in [9.17, 15) is 4.79 Å².